The summed E-state index contributed by atoms with van der Waals surface area (Å²) >= 11 is 0. The molecular weight excluding hydrogens is 206 g/mol. The summed E-state index contributed by atoms with van der Waals surface area (Å²) in [5.74, 6) is 0.708. The molecule has 2 aromatic rings. The van der Waals surface area contributed by atoms with Gasteiger partial charge in [-0.25, -0.2) is 0 Å². The highest BCUT2D eigenvalue weighted by molar-refractivity contribution is 5.30. The lowest BCUT2D eigenvalue weighted by atomic mass is 10.3. The third-order valence-corrected chi connectivity index (χ3v) is 2.01. The molecule has 1 aromatic carbocycles. The average molecular weight is 219 g/mol. The Hall–Kier alpha value is -1.79. The number of rotatable bonds is 5. The largest absolute Gasteiger partial charge is 0.302 e. The number of hydrogen-bond acceptors (Lipinski definition) is 5. The SMILES string of the molecule is CCONCc1nnnn1-c1ccccc1. The molecule has 0 amide bonds. The number of para-hydroxylation sites is 1. The third-order valence-electron chi connectivity index (χ3n) is 2.01. The predicted molar refractivity (Wildman–Crippen MR) is 57.6 cm³/mol. The Labute approximate surface area is 93.2 Å². The number of benzene rings is 1. The van der Waals surface area contributed by atoms with Gasteiger partial charge in [-0.1, -0.05) is 18.2 Å². The lowest BCUT2D eigenvalue weighted by molar-refractivity contribution is 0.0444. The summed E-state index contributed by atoms with van der Waals surface area (Å²) in [5, 5.41) is 11.5. The van der Waals surface area contributed by atoms with E-state index >= 15 is 0 Å². The maximum Gasteiger partial charge on any atom is 0.172 e. The topological polar surface area (TPSA) is 64.9 Å². The summed E-state index contributed by atoms with van der Waals surface area (Å²) in [6.45, 7) is 2.98. The number of hydrogen-bond donors (Lipinski definition) is 1. The minimum atomic E-state index is 0.468. The van der Waals surface area contributed by atoms with Gasteiger partial charge in [-0.2, -0.15) is 10.2 Å². The molecule has 1 N–H and O–H groups in total. The van der Waals surface area contributed by atoms with Crippen molar-refractivity contribution in [3.63, 3.8) is 0 Å². The van der Waals surface area contributed by atoms with Gasteiger partial charge in [0, 0.05) is 0 Å². The van der Waals surface area contributed by atoms with Gasteiger partial charge in [0.25, 0.3) is 0 Å². The van der Waals surface area contributed by atoms with Crippen molar-refractivity contribution in [2.75, 3.05) is 6.61 Å². The molecule has 2 rings (SSSR count). The lowest BCUT2D eigenvalue weighted by Crippen LogP contribution is -2.17. The van der Waals surface area contributed by atoms with Gasteiger partial charge >= 0.3 is 0 Å². The van der Waals surface area contributed by atoms with Gasteiger partial charge in [0.05, 0.1) is 18.8 Å². The van der Waals surface area contributed by atoms with Crippen molar-refractivity contribution in [1.82, 2.24) is 25.7 Å². The molecule has 0 atom stereocenters. The van der Waals surface area contributed by atoms with Gasteiger partial charge in [0.1, 0.15) is 0 Å². The number of nitrogens with zero attached hydrogens (tertiary/aromatic N) is 4. The second-order valence-corrected chi connectivity index (χ2v) is 3.10. The Morgan fingerprint density at radius 3 is 2.88 bits per heavy atom. The normalized spacial score (nSPS) is 10.6. The summed E-state index contributed by atoms with van der Waals surface area (Å²) < 4.78 is 1.67. The van der Waals surface area contributed by atoms with Crippen LogP contribution in [0.25, 0.3) is 5.69 Å². The Morgan fingerprint density at radius 1 is 1.31 bits per heavy atom. The molecule has 0 bridgehead atoms. The van der Waals surface area contributed by atoms with E-state index in [4.69, 9.17) is 4.84 Å². The number of nitrogens with one attached hydrogen (secondary N) is 1. The smallest absolute Gasteiger partial charge is 0.172 e. The van der Waals surface area contributed by atoms with E-state index in [-0.39, 0.29) is 0 Å². The van der Waals surface area contributed by atoms with E-state index < -0.39 is 0 Å². The molecule has 16 heavy (non-hydrogen) atoms. The fraction of sp³-hybridized carbons (Fsp3) is 0.300. The lowest BCUT2D eigenvalue weighted by Gasteiger charge is -2.04. The van der Waals surface area contributed by atoms with Gasteiger partial charge in [-0.15, -0.1) is 5.10 Å². The van der Waals surface area contributed by atoms with Crippen LogP contribution in [0.2, 0.25) is 0 Å². The van der Waals surface area contributed by atoms with Crippen molar-refractivity contribution >= 4 is 0 Å². The highest BCUT2D eigenvalue weighted by Crippen LogP contribution is 2.06. The Bertz CT molecular complexity index is 428. The Kier molecular flexibility index (Phi) is 3.58. The van der Waals surface area contributed by atoms with Crippen LogP contribution in [-0.4, -0.2) is 26.8 Å². The molecule has 0 aliphatic carbocycles. The quantitative estimate of drug-likeness (QED) is 0.592. The summed E-state index contributed by atoms with van der Waals surface area (Å²) in [7, 11) is 0. The van der Waals surface area contributed by atoms with Gasteiger partial charge in [0.15, 0.2) is 5.82 Å². The van der Waals surface area contributed by atoms with Crippen LogP contribution in [0.4, 0.5) is 0 Å². The van der Waals surface area contributed by atoms with Crippen LogP contribution in [0.5, 0.6) is 0 Å². The molecule has 0 aliphatic rings. The van der Waals surface area contributed by atoms with Gasteiger partial charge in [-0.05, 0) is 29.5 Å². The minimum Gasteiger partial charge on any atom is -0.302 e. The highest BCUT2D eigenvalue weighted by Gasteiger charge is 2.06. The van der Waals surface area contributed by atoms with Crippen LogP contribution in [0.15, 0.2) is 30.3 Å². The van der Waals surface area contributed by atoms with E-state index in [0.717, 1.165) is 5.69 Å². The molecule has 0 unspecified atom stereocenters. The third kappa shape index (κ3) is 2.41. The van der Waals surface area contributed by atoms with Crippen molar-refractivity contribution in [3.05, 3.63) is 36.2 Å². The van der Waals surface area contributed by atoms with Crippen LogP contribution < -0.4 is 5.48 Å². The zero-order valence-corrected chi connectivity index (χ0v) is 9.00. The first kappa shape index (κ1) is 10.7. The zero-order valence-electron chi connectivity index (χ0n) is 9.00. The van der Waals surface area contributed by atoms with E-state index in [9.17, 15) is 0 Å². The molecule has 6 nitrogen and oxygen atoms in total. The maximum absolute atomic E-state index is 5.04. The van der Waals surface area contributed by atoms with Crippen LogP contribution in [-0.2, 0) is 11.4 Å². The summed E-state index contributed by atoms with van der Waals surface area (Å²) in [6, 6.07) is 9.72. The predicted octanol–water partition coefficient (Wildman–Crippen LogP) is 0.703. The van der Waals surface area contributed by atoms with Gasteiger partial charge < -0.3 is 4.84 Å². The minimum absolute atomic E-state index is 0.468. The number of tetrazole rings is 1. The monoisotopic (exact) mass is 219 g/mol. The van der Waals surface area contributed by atoms with Crippen LogP contribution >= 0.6 is 0 Å². The zero-order chi connectivity index (χ0) is 11.2. The molecule has 0 saturated heterocycles. The van der Waals surface area contributed by atoms with Crippen LogP contribution in [0.1, 0.15) is 12.7 Å². The molecule has 1 aromatic heterocycles. The van der Waals surface area contributed by atoms with Crippen molar-refractivity contribution in [1.29, 1.82) is 0 Å². The number of aromatic nitrogens is 4. The first-order chi connectivity index (χ1) is 7.92. The van der Waals surface area contributed by atoms with Crippen molar-refractivity contribution in [3.8, 4) is 5.69 Å². The van der Waals surface area contributed by atoms with Gasteiger partial charge in [0.2, 0.25) is 0 Å². The summed E-state index contributed by atoms with van der Waals surface area (Å²) in [5.41, 5.74) is 3.72. The van der Waals surface area contributed by atoms with Crippen LogP contribution in [0.3, 0.4) is 0 Å². The van der Waals surface area contributed by atoms with Crippen LogP contribution in [0, 0.1) is 0 Å². The second-order valence-electron chi connectivity index (χ2n) is 3.10. The standard InChI is InChI=1S/C10H13N5O/c1-2-16-11-8-10-12-13-14-15(10)9-6-4-3-5-7-9/h3-7,11H,2,8H2,1H3. The van der Waals surface area contributed by atoms with E-state index in [1.54, 1.807) is 4.68 Å². The molecule has 0 aliphatic heterocycles. The van der Waals surface area contributed by atoms with Crippen molar-refractivity contribution in [2.45, 2.75) is 13.5 Å². The molecule has 6 heteroatoms. The molecule has 0 saturated carbocycles. The maximum atomic E-state index is 5.04. The first-order valence-electron chi connectivity index (χ1n) is 5.09. The second kappa shape index (κ2) is 5.34. The van der Waals surface area contributed by atoms with Crippen molar-refractivity contribution < 1.29 is 4.84 Å². The summed E-state index contributed by atoms with van der Waals surface area (Å²) in [4.78, 5) is 5.04. The number of hydroxylamine groups is 1. The highest BCUT2D eigenvalue weighted by atomic mass is 16.6. The molecule has 0 spiro atoms. The van der Waals surface area contributed by atoms with E-state index in [2.05, 4.69) is 21.0 Å². The summed E-state index contributed by atoms with van der Waals surface area (Å²) in [6.07, 6.45) is 0. The first-order valence-corrected chi connectivity index (χ1v) is 5.09. The molecule has 0 fully saturated rings. The van der Waals surface area contributed by atoms with Crippen molar-refractivity contribution in [2.24, 2.45) is 0 Å². The fourth-order valence-corrected chi connectivity index (χ4v) is 1.30. The average Bonchev–Trinajstić information content (AvgIpc) is 2.79. The molecule has 0 radical (unpaired) electrons. The Balaban J connectivity index is 2.13. The molecular formula is C10H13N5O. The van der Waals surface area contributed by atoms with Gasteiger partial charge in [-0.3, -0.25) is 0 Å². The molecule has 84 valence electrons. The molecule has 1 heterocycles. The fourth-order valence-electron chi connectivity index (χ4n) is 1.30. The van der Waals surface area contributed by atoms with E-state index in [1.807, 2.05) is 37.3 Å². The van der Waals surface area contributed by atoms with E-state index in [0.29, 0.717) is 19.0 Å². The van der Waals surface area contributed by atoms with E-state index in [1.165, 1.54) is 0 Å². The Morgan fingerprint density at radius 2 is 2.12 bits per heavy atom.